The van der Waals surface area contributed by atoms with Crippen LogP contribution in [0.1, 0.15) is 51.9 Å². The van der Waals surface area contributed by atoms with E-state index in [1.54, 1.807) is 0 Å². The molecule has 14 heavy (non-hydrogen) atoms. The SMILES string of the molecule is CCCOC(=O)OC1CCCCCC1. The van der Waals surface area contributed by atoms with E-state index >= 15 is 0 Å². The van der Waals surface area contributed by atoms with Crippen LogP contribution >= 0.6 is 0 Å². The third-order valence-corrected chi connectivity index (χ3v) is 2.49. The standard InChI is InChI=1S/C11H20O3/c1-2-9-13-11(12)14-10-7-5-3-4-6-8-10/h10H,2-9H2,1H3. The highest BCUT2D eigenvalue weighted by Crippen LogP contribution is 2.20. The number of rotatable bonds is 3. The van der Waals surface area contributed by atoms with Crippen molar-refractivity contribution in [3.05, 3.63) is 0 Å². The molecule has 82 valence electrons. The second-order valence-corrected chi connectivity index (χ2v) is 3.83. The highest BCUT2D eigenvalue weighted by atomic mass is 16.7. The van der Waals surface area contributed by atoms with E-state index in [9.17, 15) is 4.79 Å². The summed E-state index contributed by atoms with van der Waals surface area (Å²) in [6, 6.07) is 0. The van der Waals surface area contributed by atoms with Gasteiger partial charge >= 0.3 is 6.16 Å². The molecule has 0 amide bonds. The minimum Gasteiger partial charge on any atom is -0.434 e. The van der Waals surface area contributed by atoms with Crippen molar-refractivity contribution in [2.24, 2.45) is 0 Å². The van der Waals surface area contributed by atoms with Gasteiger partial charge in [-0.05, 0) is 32.1 Å². The maximum Gasteiger partial charge on any atom is 0.508 e. The summed E-state index contributed by atoms with van der Waals surface area (Å²) < 4.78 is 10.1. The molecule has 1 aliphatic carbocycles. The number of hydrogen-bond acceptors (Lipinski definition) is 3. The van der Waals surface area contributed by atoms with Crippen molar-refractivity contribution in [3.63, 3.8) is 0 Å². The van der Waals surface area contributed by atoms with Gasteiger partial charge in [0.1, 0.15) is 6.10 Å². The molecule has 1 rings (SSSR count). The first-order valence-electron chi connectivity index (χ1n) is 5.66. The van der Waals surface area contributed by atoms with E-state index in [4.69, 9.17) is 9.47 Å². The van der Waals surface area contributed by atoms with Crippen molar-refractivity contribution in [1.29, 1.82) is 0 Å². The molecule has 0 aromatic rings. The summed E-state index contributed by atoms with van der Waals surface area (Å²) in [5.74, 6) is 0. The molecule has 0 heterocycles. The number of hydrogen-bond donors (Lipinski definition) is 0. The van der Waals surface area contributed by atoms with Crippen LogP contribution in [0.2, 0.25) is 0 Å². The molecule has 0 unspecified atom stereocenters. The van der Waals surface area contributed by atoms with E-state index in [1.807, 2.05) is 6.92 Å². The van der Waals surface area contributed by atoms with E-state index in [0.29, 0.717) is 6.61 Å². The topological polar surface area (TPSA) is 35.5 Å². The normalized spacial score (nSPS) is 18.6. The van der Waals surface area contributed by atoms with Crippen molar-refractivity contribution in [2.75, 3.05) is 6.61 Å². The molecule has 1 saturated carbocycles. The summed E-state index contributed by atoms with van der Waals surface area (Å²) in [5.41, 5.74) is 0. The van der Waals surface area contributed by atoms with Crippen molar-refractivity contribution >= 4 is 6.16 Å². The average molecular weight is 200 g/mol. The second-order valence-electron chi connectivity index (χ2n) is 3.83. The van der Waals surface area contributed by atoms with Gasteiger partial charge in [-0.3, -0.25) is 0 Å². The molecule has 0 radical (unpaired) electrons. The predicted molar refractivity (Wildman–Crippen MR) is 54.2 cm³/mol. The highest BCUT2D eigenvalue weighted by molar-refractivity contribution is 5.60. The molecule has 1 fully saturated rings. The lowest BCUT2D eigenvalue weighted by molar-refractivity contribution is 0.0187. The third-order valence-electron chi connectivity index (χ3n) is 2.49. The molecule has 0 aliphatic heterocycles. The Kier molecular flexibility index (Phi) is 5.42. The van der Waals surface area contributed by atoms with E-state index in [1.165, 1.54) is 25.7 Å². The fourth-order valence-electron chi connectivity index (χ4n) is 1.72. The summed E-state index contributed by atoms with van der Waals surface area (Å²) in [6.45, 7) is 2.44. The lowest BCUT2D eigenvalue weighted by Crippen LogP contribution is -2.18. The van der Waals surface area contributed by atoms with E-state index in [0.717, 1.165) is 19.3 Å². The Morgan fingerprint density at radius 1 is 1.21 bits per heavy atom. The van der Waals surface area contributed by atoms with Crippen molar-refractivity contribution in [2.45, 2.75) is 58.0 Å². The maximum atomic E-state index is 11.1. The van der Waals surface area contributed by atoms with E-state index < -0.39 is 6.16 Å². The van der Waals surface area contributed by atoms with Crippen LogP contribution < -0.4 is 0 Å². The van der Waals surface area contributed by atoms with Gasteiger partial charge in [0.05, 0.1) is 6.61 Å². The van der Waals surface area contributed by atoms with Gasteiger partial charge in [0, 0.05) is 0 Å². The van der Waals surface area contributed by atoms with Crippen LogP contribution in [0.15, 0.2) is 0 Å². The smallest absolute Gasteiger partial charge is 0.434 e. The Hall–Kier alpha value is -0.730. The average Bonchev–Trinajstić information content (AvgIpc) is 2.43. The summed E-state index contributed by atoms with van der Waals surface area (Å²) in [6.07, 6.45) is 7.34. The van der Waals surface area contributed by atoms with Gasteiger partial charge in [-0.25, -0.2) is 4.79 Å². The van der Waals surface area contributed by atoms with Crippen LogP contribution in [0, 0.1) is 0 Å². The predicted octanol–water partition coefficient (Wildman–Crippen LogP) is 3.27. The largest absolute Gasteiger partial charge is 0.508 e. The lowest BCUT2D eigenvalue weighted by atomic mass is 10.2. The van der Waals surface area contributed by atoms with Gasteiger partial charge in [-0.1, -0.05) is 19.8 Å². The van der Waals surface area contributed by atoms with Crippen LogP contribution in [0.3, 0.4) is 0 Å². The Morgan fingerprint density at radius 3 is 2.43 bits per heavy atom. The van der Waals surface area contributed by atoms with Gasteiger partial charge in [-0.15, -0.1) is 0 Å². The first-order valence-corrected chi connectivity index (χ1v) is 5.66. The van der Waals surface area contributed by atoms with Crippen molar-refractivity contribution in [1.82, 2.24) is 0 Å². The molecule has 0 atom stereocenters. The van der Waals surface area contributed by atoms with Gasteiger partial charge in [0.2, 0.25) is 0 Å². The molecular weight excluding hydrogens is 180 g/mol. The van der Waals surface area contributed by atoms with Gasteiger partial charge in [0.15, 0.2) is 0 Å². The van der Waals surface area contributed by atoms with E-state index in [-0.39, 0.29) is 6.10 Å². The van der Waals surface area contributed by atoms with Crippen molar-refractivity contribution < 1.29 is 14.3 Å². The molecule has 0 aromatic heterocycles. The van der Waals surface area contributed by atoms with Crippen LogP contribution in [-0.4, -0.2) is 18.9 Å². The van der Waals surface area contributed by atoms with Crippen LogP contribution in [0.4, 0.5) is 4.79 Å². The zero-order valence-electron chi connectivity index (χ0n) is 8.96. The van der Waals surface area contributed by atoms with Crippen molar-refractivity contribution in [3.8, 4) is 0 Å². The molecule has 0 aromatic carbocycles. The first-order chi connectivity index (χ1) is 6.83. The minimum absolute atomic E-state index is 0.0989. The number of ether oxygens (including phenoxy) is 2. The van der Waals surface area contributed by atoms with Gasteiger partial charge < -0.3 is 9.47 Å². The zero-order chi connectivity index (χ0) is 10.2. The lowest BCUT2D eigenvalue weighted by Gasteiger charge is -2.14. The molecule has 0 N–H and O–H groups in total. The molecule has 0 saturated heterocycles. The molecule has 0 bridgehead atoms. The van der Waals surface area contributed by atoms with E-state index in [2.05, 4.69) is 0 Å². The van der Waals surface area contributed by atoms with Gasteiger partial charge in [-0.2, -0.15) is 0 Å². The summed E-state index contributed by atoms with van der Waals surface area (Å²) in [5, 5.41) is 0. The Balaban J connectivity index is 2.17. The fourth-order valence-corrected chi connectivity index (χ4v) is 1.72. The van der Waals surface area contributed by atoms with Gasteiger partial charge in [0.25, 0.3) is 0 Å². The first kappa shape index (κ1) is 11.3. The monoisotopic (exact) mass is 200 g/mol. The molecule has 1 aliphatic rings. The van der Waals surface area contributed by atoms with Crippen LogP contribution in [0.25, 0.3) is 0 Å². The maximum absolute atomic E-state index is 11.1. The summed E-state index contributed by atoms with van der Waals surface area (Å²) >= 11 is 0. The number of carbonyl (C=O) groups is 1. The van der Waals surface area contributed by atoms with Crippen LogP contribution in [0.5, 0.6) is 0 Å². The quantitative estimate of drug-likeness (QED) is 0.518. The third kappa shape index (κ3) is 4.49. The highest BCUT2D eigenvalue weighted by Gasteiger charge is 2.16. The molecule has 3 heteroatoms. The Morgan fingerprint density at radius 2 is 1.86 bits per heavy atom. The Labute approximate surface area is 85.8 Å². The summed E-state index contributed by atoms with van der Waals surface area (Å²) in [7, 11) is 0. The zero-order valence-corrected chi connectivity index (χ0v) is 8.96. The molecule has 3 nitrogen and oxygen atoms in total. The minimum atomic E-state index is -0.487. The Bertz CT molecular complexity index is 160. The second kappa shape index (κ2) is 6.68. The molecular formula is C11H20O3. The number of carbonyl (C=O) groups excluding carboxylic acids is 1. The fraction of sp³-hybridized carbons (Fsp3) is 0.909. The molecule has 0 spiro atoms. The van der Waals surface area contributed by atoms with Crippen LogP contribution in [-0.2, 0) is 9.47 Å². The summed E-state index contributed by atoms with van der Waals surface area (Å²) in [4.78, 5) is 11.1.